The number of hydrogen-bond donors (Lipinski definition) is 2. The molecule has 0 heterocycles. The first-order valence-corrected chi connectivity index (χ1v) is 9.47. The minimum atomic E-state index is -3.69. The monoisotopic (exact) mass is 366 g/mol. The van der Waals surface area contributed by atoms with E-state index in [0.717, 1.165) is 16.3 Å². The summed E-state index contributed by atoms with van der Waals surface area (Å²) in [6, 6.07) is 19.5. The number of rotatable bonds is 6. The summed E-state index contributed by atoms with van der Waals surface area (Å²) in [5, 5.41) is 4.64. The number of sulfonamides is 1. The summed E-state index contributed by atoms with van der Waals surface area (Å²) in [6.45, 7) is 3.69. The number of amides is 1. The minimum absolute atomic E-state index is 0.157. The van der Waals surface area contributed by atoms with Gasteiger partial charge in [0, 0.05) is 12.2 Å². The molecule has 26 heavy (non-hydrogen) atoms. The van der Waals surface area contributed by atoms with E-state index in [1.54, 1.807) is 24.3 Å². The lowest BCUT2D eigenvalue weighted by Crippen LogP contribution is -2.20. The second kappa shape index (κ2) is 7.41. The molecule has 0 aromatic heterocycles. The number of hydrogen-bond acceptors (Lipinski definition) is 3. The van der Waals surface area contributed by atoms with Gasteiger partial charge in [0.1, 0.15) is 0 Å². The topological polar surface area (TPSA) is 75.3 Å². The maximum Gasteiger partial charge on any atom is 0.261 e. The van der Waals surface area contributed by atoms with Crippen molar-refractivity contribution in [3.05, 3.63) is 84.9 Å². The Morgan fingerprint density at radius 1 is 0.962 bits per heavy atom. The number of fused-ring (bicyclic) bond motifs is 1. The highest BCUT2D eigenvalue weighted by Crippen LogP contribution is 2.22. The van der Waals surface area contributed by atoms with Gasteiger partial charge in [0.2, 0.25) is 5.91 Å². The highest BCUT2D eigenvalue weighted by atomic mass is 32.2. The van der Waals surface area contributed by atoms with E-state index in [9.17, 15) is 13.2 Å². The Balaban J connectivity index is 1.76. The first-order chi connectivity index (χ1) is 12.5. The second-order valence-electron chi connectivity index (χ2n) is 5.73. The summed E-state index contributed by atoms with van der Waals surface area (Å²) in [7, 11) is -3.69. The van der Waals surface area contributed by atoms with Gasteiger partial charge in [-0.2, -0.15) is 0 Å². The number of carbonyl (C=O) groups is 1. The van der Waals surface area contributed by atoms with E-state index < -0.39 is 10.0 Å². The largest absolute Gasteiger partial charge is 0.348 e. The van der Waals surface area contributed by atoms with Gasteiger partial charge < -0.3 is 5.32 Å². The van der Waals surface area contributed by atoms with Gasteiger partial charge in [-0.3, -0.25) is 9.52 Å². The first-order valence-electron chi connectivity index (χ1n) is 7.99. The zero-order valence-electron chi connectivity index (χ0n) is 14.0. The lowest BCUT2D eigenvalue weighted by atomic mass is 10.1. The Morgan fingerprint density at radius 2 is 1.65 bits per heavy atom. The summed E-state index contributed by atoms with van der Waals surface area (Å²) in [5.74, 6) is -0.278. The molecule has 0 fully saturated rings. The SMILES string of the molecule is C=CC(=O)NCc1ccc(S(=O)(=O)Nc2ccc3ccccc3c2)cc1. The molecule has 0 radical (unpaired) electrons. The van der Waals surface area contributed by atoms with Gasteiger partial charge in [-0.1, -0.05) is 49.0 Å². The van der Waals surface area contributed by atoms with Crippen molar-refractivity contribution >= 4 is 32.4 Å². The van der Waals surface area contributed by atoms with Gasteiger partial charge in [0.25, 0.3) is 10.0 Å². The molecule has 132 valence electrons. The number of carbonyl (C=O) groups excluding carboxylic acids is 1. The molecule has 5 nitrogen and oxygen atoms in total. The van der Waals surface area contributed by atoms with Crippen LogP contribution in [0.15, 0.2) is 84.3 Å². The van der Waals surface area contributed by atoms with E-state index in [4.69, 9.17) is 0 Å². The number of nitrogens with one attached hydrogen (secondary N) is 2. The molecule has 0 aliphatic carbocycles. The Kier molecular flexibility index (Phi) is 5.04. The van der Waals surface area contributed by atoms with E-state index in [1.807, 2.05) is 30.3 Å². The van der Waals surface area contributed by atoms with E-state index in [2.05, 4.69) is 16.6 Å². The molecule has 0 spiro atoms. The molecule has 3 aromatic rings. The lowest BCUT2D eigenvalue weighted by Gasteiger charge is -2.10. The smallest absolute Gasteiger partial charge is 0.261 e. The summed E-state index contributed by atoms with van der Waals surface area (Å²) < 4.78 is 27.7. The minimum Gasteiger partial charge on any atom is -0.348 e. The van der Waals surface area contributed by atoms with E-state index in [0.29, 0.717) is 12.2 Å². The van der Waals surface area contributed by atoms with Gasteiger partial charge >= 0.3 is 0 Å². The van der Waals surface area contributed by atoms with Crippen LogP contribution in [0.5, 0.6) is 0 Å². The molecule has 0 saturated heterocycles. The van der Waals surface area contributed by atoms with E-state index >= 15 is 0 Å². The fraction of sp³-hybridized carbons (Fsp3) is 0.0500. The lowest BCUT2D eigenvalue weighted by molar-refractivity contribution is -0.116. The van der Waals surface area contributed by atoms with Crippen molar-refractivity contribution in [1.29, 1.82) is 0 Å². The standard InChI is InChI=1S/C20H18N2O3S/c1-2-20(23)21-14-15-7-11-19(12-8-15)26(24,25)22-18-10-9-16-5-3-4-6-17(16)13-18/h2-13,22H,1,14H2,(H,21,23). The maximum atomic E-state index is 12.6. The van der Waals surface area contributed by atoms with E-state index in [-0.39, 0.29) is 10.8 Å². The molecule has 0 aliphatic rings. The molecule has 3 rings (SSSR count). The second-order valence-corrected chi connectivity index (χ2v) is 7.42. The summed E-state index contributed by atoms with van der Waals surface area (Å²) >= 11 is 0. The molecule has 0 saturated carbocycles. The molecule has 3 aromatic carbocycles. The number of benzene rings is 3. The average Bonchev–Trinajstić information content (AvgIpc) is 2.66. The van der Waals surface area contributed by atoms with E-state index in [1.165, 1.54) is 18.2 Å². The van der Waals surface area contributed by atoms with Gasteiger partial charge in [0.05, 0.1) is 4.90 Å². The van der Waals surface area contributed by atoms with Crippen molar-refractivity contribution in [2.45, 2.75) is 11.4 Å². The van der Waals surface area contributed by atoms with Crippen molar-refractivity contribution in [3.8, 4) is 0 Å². The highest BCUT2D eigenvalue weighted by Gasteiger charge is 2.14. The van der Waals surface area contributed by atoms with Crippen molar-refractivity contribution < 1.29 is 13.2 Å². The Bertz CT molecular complexity index is 1060. The van der Waals surface area contributed by atoms with Crippen LogP contribution in [-0.2, 0) is 21.4 Å². The van der Waals surface area contributed by atoms with Crippen molar-refractivity contribution in [2.24, 2.45) is 0 Å². The van der Waals surface area contributed by atoms with Crippen LogP contribution in [0, 0.1) is 0 Å². The first kappa shape index (κ1) is 17.7. The van der Waals surface area contributed by atoms with Crippen LogP contribution in [0.3, 0.4) is 0 Å². The van der Waals surface area contributed by atoms with Gasteiger partial charge in [-0.25, -0.2) is 8.42 Å². The highest BCUT2D eigenvalue weighted by molar-refractivity contribution is 7.92. The maximum absolute atomic E-state index is 12.6. The van der Waals surface area contributed by atoms with Crippen LogP contribution < -0.4 is 10.0 Å². The van der Waals surface area contributed by atoms with Crippen LogP contribution in [0.25, 0.3) is 10.8 Å². The molecule has 6 heteroatoms. The van der Waals surface area contributed by atoms with Gasteiger partial charge in [-0.05, 0) is 46.7 Å². The van der Waals surface area contributed by atoms with Crippen LogP contribution in [0.1, 0.15) is 5.56 Å². The summed E-state index contributed by atoms with van der Waals surface area (Å²) in [5.41, 5.74) is 1.30. The van der Waals surface area contributed by atoms with Crippen molar-refractivity contribution in [3.63, 3.8) is 0 Å². The number of anilines is 1. The molecule has 0 unspecified atom stereocenters. The predicted octanol–water partition coefficient (Wildman–Crippen LogP) is 3.44. The molecule has 1 amide bonds. The fourth-order valence-electron chi connectivity index (χ4n) is 2.51. The van der Waals surface area contributed by atoms with Crippen LogP contribution in [0.2, 0.25) is 0 Å². The Labute approximate surface area is 152 Å². The average molecular weight is 366 g/mol. The quantitative estimate of drug-likeness (QED) is 0.656. The molecule has 0 atom stereocenters. The molecular formula is C20H18N2O3S. The zero-order chi connectivity index (χ0) is 18.6. The summed E-state index contributed by atoms with van der Waals surface area (Å²) in [4.78, 5) is 11.3. The Hall–Kier alpha value is -3.12. The third-order valence-electron chi connectivity index (χ3n) is 3.89. The fourth-order valence-corrected chi connectivity index (χ4v) is 3.56. The molecule has 2 N–H and O–H groups in total. The van der Waals surface area contributed by atoms with Crippen LogP contribution in [-0.4, -0.2) is 14.3 Å². The molecule has 0 aliphatic heterocycles. The molecular weight excluding hydrogens is 348 g/mol. The van der Waals surface area contributed by atoms with Crippen LogP contribution in [0.4, 0.5) is 5.69 Å². The predicted molar refractivity (Wildman–Crippen MR) is 103 cm³/mol. The van der Waals surface area contributed by atoms with Crippen LogP contribution >= 0.6 is 0 Å². The van der Waals surface area contributed by atoms with Crippen molar-refractivity contribution in [1.82, 2.24) is 5.32 Å². The summed E-state index contributed by atoms with van der Waals surface area (Å²) in [6.07, 6.45) is 1.19. The third kappa shape index (κ3) is 4.10. The third-order valence-corrected chi connectivity index (χ3v) is 5.28. The van der Waals surface area contributed by atoms with Crippen molar-refractivity contribution in [2.75, 3.05) is 4.72 Å². The Morgan fingerprint density at radius 3 is 2.35 bits per heavy atom. The van der Waals surface area contributed by atoms with Gasteiger partial charge in [-0.15, -0.1) is 0 Å². The zero-order valence-corrected chi connectivity index (χ0v) is 14.8. The normalized spacial score (nSPS) is 11.1. The van der Waals surface area contributed by atoms with Gasteiger partial charge in [0.15, 0.2) is 0 Å². The molecule has 0 bridgehead atoms.